The quantitative estimate of drug-likeness (QED) is 0.137. The number of benzene rings is 15. The molecule has 0 atom stereocenters. The lowest BCUT2D eigenvalue weighted by molar-refractivity contribution is 0.667. The molecule has 0 N–H and O–H groups in total. The second-order valence-electron chi connectivity index (χ2n) is 25.0. The smallest absolute Gasteiger partial charge is 0.163 e. The van der Waals surface area contributed by atoms with Gasteiger partial charge in [-0.2, -0.15) is 5.26 Å². The zero-order chi connectivity index (χ0) is 63.4. The van der Waals surface area contributed by atoms with Crippen molar-refractivity contribution >= 4 is 87.4 Å². The second kappa shape index (κ2) is 22.1. The molecular weight excluding hydrogens is 1170 g/mol. The first kappa shape index (κ1) is 54.7. The van der Waals surface area contributed by atoms with Gasteiger partial charge in [0.15, 0.2) is 5.58 Å². The number of hydrogen-bond donors (Lipinski definition) is 0. The second-order valence-corrected chi connectivity index (χ2v) is 25.0. The highest BCUT2D eigenvalue weighted by atomic mass is 16.3. The Morgan fingerprint density at radius 1 is 0.219 bits per heavy atom. The number of fused-ring (bicyclic) bond motifs is 12. The molecule has 0 fully saturated rings. The molecule has 4 heterocycles. The third-order valence-corrected chi connectivity index (χ3v) is 19.7. The van der Waals surface area contributed by atoms with Gasteiger partial charge in [-0.15, -0.1) is 0 Å². The summed E-state index contributed by atoms with van der Waals surface area (Å²) in [5.41, 5.74) is 25.0. The van der Waals surface area contributed by atoms with E-state index in [4.69, 9.17) is 4.42 Å². The van der Waals surface area contributed by atoms with Crippen LogP contribution < -0.4 is 0 Å². The van der Waals surface area contributed by atoms with Crippen molar-refractivity contribution in [3.63, 3.8) is 0 Å². The number of nitrogens with zero attached hydrogens (tertiary/aromatic N) is 4. The van der Waals surface area contributed by atoms with Crippen LogP contribution in [0.5, 0.6) is 0 Å². The van der Waals surface area contributed by atoms with E-state index in [0.717, 1.165) is 171 Å². The molecule has 0 saturated carbocycles. The highest BCUT2D eigenvalue weighted by molar-refractivity contribution is 6.23. The van der Waals surface area contributed by atoms with Crippen LogP contribution in [0.1, 0.15) is 5.56 Å². The first-order valence-corrected chi connectivity index (χ1v) is 32.7. The monoisotopic (exact) mass is 1220 g/mol. The zero-order valence-electron chi connectivity index (χ0n) is 52.0. The van der Waals surface area contributed by atoms with Crippen LogP contribution in [0.25, 0.3) is 182 Å². The van der Waals surface area contributed by atoms with Crippen LogP contribution in [0.4, 0.5) is 0 Å². The van der Waals surface area contributed by atoms with Gasteiger partial charge in [0, 0.05) is 43.3 Å². The maximum atomic E-state index is 13.2. The Bertz CT molecular complexity index is 6050. The fraction of sp³-hybridized carbons (Fsp3) is 0. The van der Waals surface area contributed by atoms with E-state index >= 15 is 0 Å². The first-order chi connectivity index (χ1) is 47.6. The lowest BCUT2D eigenvalue weighted by Gasteiger charge is -2.22. The molecule has 0 amide bonds. The third kappa shape index (κ3) is 8.63. The molecule has 19 rings (SSSR count). The van der Waals surface area contributed by atoms with E-state index < -0.39 is 0 Å². The Hall–Kier alpha value is -13.0. The van der Waals surface area contributed by atoms with Crippen molar-refractivity contribution in [2.45, 2.75) is 0 Å². The van der Waals surface area contributed by atoms with Gasteiger partial charge in [-0.25, -0.2) is 0 Å². The lowest BCUT2D eigenvalue weighted by atomic mass is 9.98. The van der Waals surface area contributed by atoms with Crippen LogP contribution in [0.15, 0.2) is 344 Å². The van der Waals surface area contributed by atoms with Gasteiger partial charge in [-0.1, -0.05) is 267 Å². The van der Waals surface area contributed by atoms with E-state index in [1.807, 2.05) is 0 Å². The molecule has 4 aromatic heterocycles. The van der Waals surface area contributed by atoms with Gasteiger partial charge >= 0.3 is 0 Å². The molecule has 0 bridgehead atoms. The van der Waals surface area contributed by atoms with Crippen molar-refractivity contribution in [1.82, 2.24) is 13.7 Å². The maximum absolute atomic E-state index is 13.2. The molecule has 19 aromatic rings. The normalized spacial score (nSPS) is 11.7. The average Bonchev–Trinajstić information content (AvgIpc) is 1.50. The summed E-state index contributed by atoms with van der Waals surface area (Å²) < 4.78 is 15.2. The number of aromatic nitrogens is 3. The highest BCUT2D eigenvalue weighted by Gasteiger charge is 2.34. The van der Waals surface area contributed by atoms with E-state index in [2.05, 4.69) is 359 Å². The predicted octanol–water partition coefficient (Wildman–Crippen LogP) is 24.4. The molecule has 0 aliphatic heterocycles. The van der Waals surface area contributed by atoms with Gasteiger partial charge in [0.05, 0.1) is 49.9 Å². The molecule has 0 spiro atoms. The molecule has 0 aliphatic rings. The molecule has 0 saturated heterocycles. The topological polar surface area (TPSA) is 51.7 Å². The summed E-state index contributed by atoms with van der Waals surface area (Å²) in [5.74, 6) is 0. The minimum Gasteiger partial charge on any atom is -0.453 e. The Labute approximate surface area is 553 Å². The van der Waals surface area contributed by atoms with Gasteiger partial charge in [-0.05, 0) is 145 Å². The molecular formula is C91H56N4O. The summed E-state index contributed by atoms with van der Waals surface area (Å²) >= 11 is 0. The molecule has 15 aromatic carbocycles. The molecule has 5 nitrogen and oxygen atoms in total. The molecule has 96 heavy (non-hydrogen) atoms. The molecule has 0 aliphatic carbocycles. The Balaban J connectivity index is 1.04. The highest BCUT2D eigenvalue weighted by Crippen LogP contribution is 2.52. The van der Waals surface area contributed by atoms with Gasteiger partial charge < -0.3 is 18.1 Å². The van der Waals surface area contributed by atoms with Crippen LogP contribution in [0.3, 0.4) is 0 Å². The van der Waals surface area contributed by atoms with Crippen LogP contribution in [0, 0.1) is 11.3 Å². The van der Waals surface area contributed by atoms with Gasteiger partial charge in [0.2, 0.25) is 0 Å². The van der Waals surface area contributed by atoms with Crippen molar-refractivity contribution in [3.05, 3.63) is 345 Å². The van der Waals surface area contributed by atoms with Gasteiger partial charge in [0.1, 0.15) is 22.9 Å². The van der Waals surface area contributed by atoms with Crippen molar-refractivity contribution in [2.75, 3.05) is 0 Å². The SMILES string of the molecule is N#Cc1c(-n2c3ccc(-c4ccccc4)cc3c3cc(-c4ccccc4)ccc32)c(-n2c3ccc(-c4ccccc4)cc3c3cc(-c4ccccc4)ccc32)c2oc3c(-c4ccccc4)cccc3c2c1-n1c2ccc(-c3ccccc3)cc2c2cc(-c3ccccc3)ccc21. The molecule has 5 heteroatoms. The molecule has 0 radical (unpaired) electrons. The van der Waals surface area contributed by atoms with E-state index in [1.165, 1.54) is 0 Å². The Morgan fingerprint density at radius 2 is 0.490 bits per heavy atom. The van der Waals surface area contributed by atoms with E-state index in [1.54, 1.807) is 0 Å². The maximum Gasteiger partial charge on any atom is 0.163 e. The number of furan rings is 1. The summed E-state index contributed by atoms with van der Waals surface area (Å²) in [4.78, 5) is 0. The minimum atomic E-state index is 0.485. The van der Waals surface area contributed by atoms with Crippen molar-refractivity contribution < 1.29 is 4.42 Å². The van der Waals surface area contributed by atoms with E-state index in [-0.39, 0.29) is 0 Å². The summed E-state index contributed by atoms with van der Waals surface area (Å²) in [7, 11) is 0. The van der Waals surface area contributed by atoms with Crippen LogP contribution in [0.2, 0.25) is 0 Å². The van der Waals surface area contributed by atoms with Crippen molar-refractivity contribution in [2.24, 2.45) is 0 Å². The van der Waals surface area contributed by atoms with Crippen LogP contribution >= 0.6 is 0 Å². The lowest BCUT2D eigenvalue weighted by Crippen LogP contribution is -2.11. The van der Waals surface area contributed by atoms with Gasteiger partial charge in [0.25, 0.3) is 0 Å². The summed E-state index contributed by atoms with van der Waals surface area (Å²) in [6.45, 7) is 0. The standard InChI is InChI=1S/C91H56N4O/c92-57-79-87(93-80-45-39-65(58-23-8-1-9-24-58)51-73(80)74-52-66(40-46-81(74)93)59-25-10-2-11-26-59)86-72-38-22-37-71(64-35-20-7-21-36-64)90(72)96-91(86)89(95-84-49-43-69(62-31-16-5-17-32-62)55-77(84)78-56-70(44-50-85(78)95)63-33-18-6-19-34-63)88(79)94-82-47-41-67(60-27-12-3-13-28-60)53-75(82)76-54-68(42-48-83(76)94)61-29-14-4-15-30-61/h1-56H. The Kier molecular flexibility index (Phi) is 12.6. The summed E-state index contributed by atoms with van der Waals surface area (Å²) in [6.07, 6.45) is 0. The first-order valence-electron chi connectivity index (χ1n) is 32.7. The number of hydrogen-bond acceptors (Lipinski definition) is 2. The molecule has 446 valence electrons. The summed E-state index contributed by atoms with van der Waals surface area (Å²) in [5, 5.41) is 21.3. The largest absolute Gasteiger partial charge is 0.453 e. The van der Waals surface area contributed by atoms with Crippen molar-refractivity contribution in [3.8, 4) is 101 Å². The predicted molar refractivity (Wildman–Crippen MR) is 400 cm³/mol. The third-order valence-electron chi connectivity index (χ3n) is 19.7. The number of para-hydroxylation sites is 1. The van der Waals surface area contributed by atoms with E-state index in [0.29, 0.717) is 16.8 Å². The fourth-order valence-electron chi connectivity index (χ4n) is 15.2. The fourth-order valence-corrected chi connectivity index (χ4v) is 15.2. The number of nitriles is 1. The minimum absolute atomic E-state index is 0.485. The number of rotatable bonds is 10. The average molecular weight is 1220 g/mol. The van der Waals surface area contributed by atoms with Crippen LogP contribution in [-0.4, -0.2) is 13.7 Å². The molecule has 0 unspecified atom stereocenters. The van der Waals surface area contributed by atoms with Crippen molar-refractivity contribution in [1.29, 1.82) is 5.26 Å². The van der Waals surface area contributed by atoms with Crippen LogP contribution in [-0.2, 0) is 0 Å². The summed E-state index contributed by atoms with van der Waals surface area (Å²) in [6, 6.07) is 125. The Morgan fingerprint density at radius 3 is 0.781 bits per heavy atom. The van der Waals surface area contributed by atoms with E-state index in [9.17, 15) is 5.26 Å². The zero-order valence-corrected chi connectivity index (χ0v) is 52.0. The van der Waals surface area contributed by atoms with Gasteiger partial charge in [-0.3, -0.25) is 0 Å².